The van der Waals surface area contributed by atoms with Crippen LogP contribution in [0.3, 0.4) is 0 Å². The van der Waals surface area contributed by atoms with E-state index in [-0.39, 0.29) is 43.3 Å². The van der Waals surface area contributed by atoms with Crippen molar-refractivity contribution in [3.05, 3.63) is 52.6 Å². The number of carbonyl (C=O) groups excluding carboxylic acids is 2. The molecule has 1 aromatic rings. The van der Waals surface area contributed by atoms with Crippen LogP contribution in [0.15, 0.2) is 41.5 Å². The van der Waals surface area contributed by atoms with E-state index in [1.165, 1.54) is 6.92 Å². The first-order chi connectivity index (χ1) is 17.9. The molecule has 216 valence electrons. The third kappa shape index (κ3) is 7.07. The molecule has 1 aliphatic carbocycles. The minimum Gasteiger partial charge on any atom is -0.449 e. The van der Waals surface area contributed by atoms with Crippen LogP contribution < -0.4 is 4.90 Å². The Kier molecular flexibility index (Phi) is 8.66. The molecule has 3 rings (SSSR count). The SMILES string of the molecule is CCOC(=O)N1CCCC(N(CC2C=C(C(F)(F)F)C=C(C(F)(F)F)C2)C(C)=O)c2ccc(C(F)(F)F)cc21. The predicted molar refractivity (Wildman–Crippen MR) is 122 cm³/mol. The highest BCUT2D eigenvalue weighted by atomic mass is 19.4. The summed E-state index contributed by atoms with van der Waals surface area (Å²) in [6, 6.07) is 1.50. The van der Waals surface area contributed by atoms with Gasteiger partial charge in [0.2, 0.25) is 5.91 Å². The van der Waals surface area contributed by atoms with Gasteiger partial charge in [0.15, 0.2) is 0 Å². The van der Waals surface area contributed by atoms with Crippen molar-refractivity contribution in [2.75, 3.05) is 24.6 Å². The van der Waals surface area contributed by atoms with Gasteiger partial charge in [0, 0.05) is 25.6 Å². The lowest BCUT2D eigenvalue weighted by molar-refractivity contribution is -0.137. The van der Waals surface area contributed by atoms with Gasteiger partial charge >= 0.3 is 24.6 Å². The lowest BCUT2D eigenvalue weighted by atomic mass is 9.88. The molecule has 1 aromatic carbocycles. The molecule has 2 unspecified atom stereocenters. The van der Waals surface area contributed by atoms with Crippen LogP contribution in [0.1, 0.15) is 50.3 Å². The van der Waals surface area contributed by atoms with Crippen molar-refractivity contribution in [2.24, 2.45) is 5.92 Å². The number of anilines is 1. The summed E-state index contributed by atoms with van der Waals surface area (Å²) in [4.78, 5) is 27.3. The van der Waals surface area contributed by atoms with Crippen LogP contribution >= 0.6 is 0 Å². The predicted octanol–water partition coefficient (Wildman–Crippen LogP) is 7.35. The van der Waals surface area contributed by atoms with Gasteiger partial charge in [0.1, 0.15) is 0 Å². The molecule has 0 saturated carbocycles. The van der Waals surface area contributed by atoms with Crippen LogP contribution in [0.5, 0.6) is 0 Å². The van der Waals surface area contributed by atoms with Gasteiger partial charge < -0.3 is 9.64 Å². The number of fused-ring (bicyclic) bond motifs is 1. The summed E-state index contributed by atoms with van der Waals surface area (Å²) >= 11 is 0. The number of halogens is 9. The van der Waals surface area contributed by atoms with Crippen molar-refractivity contribution in [1.82, 2.24) is 4.90 Å². The zero-order valence-corrected chi connectivity index (χ0v) is 20.8. The van der Waals surface area contributed by atoms with E-state index in [2.05, 4.69) is 0 Å². The summed E-state index contributed by atoms with van der Waals surface area (Å²) < 4.78 is 126. The van der Waals surface area contributed by atoms with Gasteiger partial charge in [-0.2, -0.15) is 39.5 Å². The van der Waals surface area contributed by atoms with Crippen LogP contribution in [0, 0.1) is 5.92 Å². The molecule has 5 nitrogen and oxygen atoms in total. The largest absolute Gasteiger partial charge is 0.449 e. The molecule has 2 atom stereocenters. The monoisotopic (exact) mass is 572 g/mol. The molecule has 0 aromatic heterocycles. The second kappa shape index (κ2) is 11.1. The molecule has 2 aliphatic rings. The number of alkyl halides is 9. The van der Waals surface area contributed by atoms with E-state index in [0.29, 0.717) is 6.08 Å². The number of rotatable bonds is 4. The van der Waals surface area contributed by atoms with Gasteiger partial charge in [-0.1, -0.05) is 12.1 Å². The maximum atomic E-state index is 13.5. The van der Waals surface area contributed by atoms with E-state index in [0.717, 1.165) is 34.9 Å². The van der Waals surface area contributed by atoms with Gasteiger partial charge in [-0.3, -0.25) is 9.69 Å². The molecule has 1 heterocycles. The van der Waals surface area contributed by atoms with Gasteiger partial charge in [-0.15, -0.1) is 0 Å². The number of hydrogen-bond acceptors (Lipinski definition) is 3. The molecule has 0 fully saturated rings. The third-order valence-electron chi connectivity index (χ3n) is 6.49. The summed E-state index contributed by atoms with van der Waals surface area (Å²) in [5.74, 6) is -2.09. The Morgan fingerprint density at radius 1 is 1.03 bits per heavy atom. The average molecular weight is 572 g/mol. The Bertz CT molecular complexity index is 1150. The summed E-state index contributed by atoms with van der Waals surface area (Å²) in [6.45, 7) is 1.84. The number of benzene rings is 1. The zero-order valence-electron chi connectivity index (χ0n) is 20.8. The molecule has 39 heavy (non-hydrogen) atoms. The van der Waals surface area contributed by atoms with Gasteiger partial charge in [0.25, 0.3) is 0 Å². The summed E-state index contributed by atoms with van der Waals surface area (Å²) in [5.41, 5.74) is -4.11. The van der Waals surface area contributed by atoms with Crippen molar-refractivity contribution in [1.29, 1.82) is 0 Å². The van der Waals surface area contributed by atoms with Gasteiger partial charge in [-0.05, 0) is 55.9 Å². The number of amides is 2. The molecule has 0 radical (unpaired) electrons. The minimum atomic E-state index is -5.07. The van der Waals surface area contributed by atoms with Crippen molar-refractivity contribution < 1.29 is 53.8 Å². The van der Waals surface area contributed by atoms with Gasteiger partial charge in [0.05, 0.1) is 29.5 Å². The number of ether oxygens (including phenoxy) is 1. The summed E-state index contributed by atoms with van der Waals surface area (Å²) in [7, 11) is 0. The lowest BCUT2D eigenvalue weighted by Gasteiger charge is -2.35. The molecular formula is C25H25F9N2O3. The van der Waals surface area contributed by atoms with Crippen LogP contribution in [0.2, 0.25) is 0 Å². The van der Waals surface area contributed by atoms with E-state index in [1.807, 2.05) is 0 Å². The van der Waals surface area contributed by atoms with Crippen molar-refractivity contribution in [3.8, 4) is 0 Å². The van der Waals surface area contributed by atoms with Gasteiger partial charge in [-0.25, -0.2) is 4.79 Å². The molecule has 0 spiro atoms. The Morgan fingerprint density at radius 3 is 2.23 bits per heavy atom. The van der Waals surface area contributed by atoms with E-state index in [4.69, 9.17) is 4.74 Å². The highest BCUT2D eigenvalue weighted by Gasteiger charge is 2.43. The number of hydrogen-bond donors (Lipinski definition) is 0. The Balaban J connectivity index is 2.06. The van der Waals surface area contributed by atoms with E-state index < -0.39 is 72.2 Å². The summed E-state index contributed by atoms with van der Waals surface area (Å²) in [6.07, 6.45) is -15.7. The number of allylic oxidation sites excluding steroid dienone is 3. The molecule has 14 heteroatoms. The smallest absolute Gasteiger partial charge is 0.416 e. The van der Waals surface area contributed by atoms with Crippen LogP contribution in [0.4, 0.5) is 50.0 Å². The molecule has 0 N–H and O–H groups in total. The summed E-state index contributed by atoms with van der Waals surface area (Å²) in [5, 5.41) is 0. The molecule has 2 amide bonds. The highest BCUT2D eigenvalue weighted by molar-refractivity contribution is 5.89. The first-order valence-corrected chi connectivity index (χ1v) is 11.9. The fourth-order valence-corrected chi connectivity index (χ4v) is 4.78. The fraction of sp³-hybridized carbons (Fsp3) is 0.520. The van der Waals surface area contributed by atoms with Crippen LogP contribution in [-0.2, 0) is 15.7 Å². The van der Waals surface area contributed by atoms with E-state index >= 15 is 0 Å². The first kappa shape index (κ1) is 30.4. The molecular weight excluding hydrogens is 547 g/mol. The third-order valence-corrected chi connectivity index (χ3v) is 6.49. The standard InChI is InChI=1S/C25H25F9N2O3/c1-3-39-22(38)35-8-4-5-20(19-7-6-16(12-21(19)35)23(26,27)28)36(14(2)37)13-15-9-17(24(29,30)31)11-18(10-15)25(32,33)34/h6-7,9,11-12,15,20H,3-5,8,10,13H2,1-2H3. The Morgan fingerprint density at radius 2 is 1.69 bits per heavy atom. The average Bonchev–Trinajstić information content (AvgIpc) is 3.00. The topological polar surface area (TPSA) is 49.9 Å². The van der Waals surface area contributed by atoms with Crippen molar-refractivity contribution in [3.63, 3.8) is 0 Å². The maximum absolute atomic E-state index is 13.5. The Hall–Kier alpha value is -3.19. The second-order valence-electron chi connectivity index (χ2n) is 9.20. The maximum Gasteiger partial charge on any atom is 0.416 e. The van der Waals surface area contributed by atoms with Crippen molar-refractivity contribution in [2.45, 2.75) is 57.7 Å². The lowest BCUT2D eigenvalue weighted by Crippen LogP contribution is -2.38. The fourth-order valence-electron chi connectivity index (χ4n) is 4.78. The van der Waals surface area contributed by atoms with E-state index in [9.17, 15) is 49.1 Å². The van der Waals surface area contributed by atoms with Crippen LogP contribution in [-0.4, -0.2) is 48.9 Å². The molecule has 1 aliphatic heterocycles. The highest BCUT2D eigenvalue weighted by Crippen LogP contribution is 2.44. The quantitative estimate of drug-likeness (QED) is 0.355. The minimum absolute atomic E-state index is 0.0332. The molecule has 0 saturated heterocycles. The van der Waals surface area contributed by atoms with Crippen molar-refractivity contribution >= 4 is 17.7 Å². The molecule has 0 bridgehead atoms. The van der Waals surface area contributed by atoms with E-state index in [1.54, 1.807) is 0 Å². The first-order valence-electron chi connectivity index (χ1n) is 11.9. The number of nitrogens with zero attached hydrogens (tertiary/aromatic N) is 2. The van der Waals surface area contributed by atoms with Crippen LogP contribution in [0.25, 0.3) is 0 Å². The Labute approximate surface area is 217 Å². The number of carbonyl (C=O) groups is 2. The second-order valence-corrected chi connectivity index (χ2v) is 9.20. The normalized spacial score (nSPS) is 20.4. The zero-order chi connectivity index (χ0) is 29.3.